The molecule has 2 amide bonds. The fraction of sp³-hybridized carbons (Fsp3) is 0.368. The molecule has 28 heavy (non-hydrogen) atoms. The summed E-state index contributed by atoms with van der Waals surface area (Å²) < 4.78 is 9.69. The van der Waals surface area contributed by atoms with Crippen LogP contribution in [0.2, 0.25) is 0 Å². The van der Waals surface area contributed by atoms with E-state index in [2.05, 4.69) is 10.1 Å². The lowest BCUT2D eigenvalue weighted by molar-refractivity contribution is -0.162. The zero-order valence-corrected chi connectivity index (χ0v) is 16.5. The third-order valence-electron chi connectivity index (χ3n) is 4.48. The van der Waals surface area contributed by atoms with Gasteiger partial charge in [-0.25, -0.2) is 9.59 Å². The molecule has 0 aromatic heterocycles. The van der Waals surface area contributed by atoms with E-state index in [4.69, 9.17) is 4.74 Å². The third-order valence-corrected chi connectivity index (χ3v) is 5.75. The molecule has 2 unspecified atom stereocenters. The van der Waals surface area contributed by atoms with Crippen LogP contribution in [0.4, 0.5) is 0 Å². The molecule has 2 aliphatic rings. The summed E-state index contributed by atoms with van der Waals surface area (Å²) in [6, 6.07) is 6.67. The van der Waals surface area contributed by atoms with Gasteiger partial charge in [-0.15, -0.1) is 11.8 Å². The molecule has 0 saturated carbocycles. The second kappa shape index (κ2) is 8.05. The summed E-state index contributed by atoms with van der Waals surface area (Å²) in [5.74, 6) is -1.50. The predicted molar refractivity (Wildman–Crippen MR) is 101 cm³/mol. The van der Waals surface area contributed by atoms with Crippen molar-refractivity contribution in [2.24, 2.45) is 0 Å². The lowest BCUT2D eigenvalue weighted by atomic mass is 10.1. The standard InChI is InChI=1S/C19H20N2O6S/c1-10-9-28-14(20-15(10)19(25)27-11(2)18(24)26-3)8-21-16(22)12-6-4-5-7-13(12)17(21)23/h4-7,11,14,20H,8-9H2,1-3H3. The highest BCUT2D eigenvalue weighted by Crippen LogP contribution is 2.27. The van der Waals surface area contributed by atoms with Crippen LogP contribution in [0.1, 0.15) is 34.6 Å². The summed E-state index contributed by atoms with van der Waals surface area (Å²) in [6.07, 6.45) is -1.04. The van der Waals surface area contributed by atoms with Crippen LogP contribution in [0.3, 0.4) is 0 Å². The van der Waals surface area contributed by atoms with E-state index in [1.807, 2.05) is 0 Å². The van der Waals surface area contributed by atoms with Crippen molar-refractivity contribution in [1.29, 1.82) is 0 Å². The molecule has 2 heterocycles. The minimum Gasteiger partial charge on any atom is -0.466 e. The second-order valence-corrected chi connectivity index (χ2v) is 7.63. The Bertz CT molecular complexity index is 846. The highest BCUT2D eigenvalue weighted by atomic mass is 32.2. The number of fused-ring (bicyclic) bond motifs is 1. The average molecular weight is 404 g/mol. The van der Waals surface area contributed by atoms with Crippen molar-refractivity contribution in [2.75, 3.05) is 19.4 Å². The number of carbonyl (C=O) groups excluding carboxylic acids is 4. The Morgan fingerprint density at radius 1 is 1.25 bits per heavy atom. The molecular weight excluding hydrogens is 384 g/mol. The number of thioether (sulfide) groups is 1. The molecule has 2 atom stereocenters. The van der Waals surface area contributed by atoms with Crippen molar-refractivity contribution in [3.8, 4) is 0 Å². The van der Waals surface area contributed by atoms with Crippen LogP contribution in [0.25, 0.3) is 0 Å². The first-order chi connectivity index (χ1) is 13.3. The summed E-state index contributed by atoms with van der Waals surface area (Å²) in [6.45, 7) is 3.30. The number of ether oxygens (including phenoxy) is 2. The molecule has 0 saturated heterocycles. The molecule has 0 radical (unpaired) electrons. The highest BCUT2D eigenvalue weighted by molar-refractivity contribution is 8.00. The maximum Gasteiger partial charge on any atom is 0.355 e. The van der Waals surface area contributed by atoms with Gasteiger partial charge in [0.25, 0.3) is 11.8 Å². The number of nitrogens with one attached hydrogen (secondary N) is 1. The Morgan fingerprint density at radius 3 is 2.43 bits per heavy atom. The van der Waals surface area contributed by atoms with Crippen molar-refractivity contribution >= 4 is 35.5 Å². The molecule has 148 valence electrons. The van der Waals surface area contributed by atoms with Gasteiger partial charge in [-0.2, -0.15) is 0 Å². The molecule has 1 aromatic carbocycles. The first-order valence-electron chi connectivity index (χ1n) is 8.65. The maximum absolute atomic E-state index is 12.5. The third kappa shape index (κ3) is 3.75. The van der Waals surface area contributed by atoms with Gasteiger partial charge in [0, 0.05) is 5.75 Å². The summed E-state index contributed by atoms with van der Waals surface area (Å²) in [5.41, 5.74) is 1.75. The Hall–Kier alpha value is -2.81. The monoisotopic (exact) mass is 404 g/mol. The molecule has 1 N–H and O–H groups in total. The number of hydrogen-bond acceptors (Lipinski definition) is 8. The van der Waals surface area contributed by atoms with E-state index in [0.717, 1.165) is 5.57 Å². The lowest BCUT2D eigenvalue weighted by Crippen LogP contribution is -2.45. The van der Waals surface area contributed by atoms with Crippen LogP contribution in [-0.4, -0.2) is 59.5 Å². The van der Waals surface area contributed by atoms with E-state index < -0.39 is 18.0 Å². The van der Waals surface area contributed by atoms with Crippen LogP contribution >= 0.6 is 11.8 Å². The van der Waals surface area contributed by atoms with Gasteiger partial charge < -0.3 is 14.8 Å². The molecule has 2 aliphatic heterocycles. The fourth-order valence-corrected chi connectivity index (χ4v) is 4.01. The molecule has 0 fully saturated rings. The Balaban J connectivity index is 1.68. The summed E-state index contributed by atoms with van der Waals surface area (Å²) >= 11 is 1.48. The molecule has 0 aliphatic carbocycles. The lowest BCUT2D eigenvalue weighted by Gasteiger charge is -2.29. The molecule has 3 rings (SSSR count). The minimum absolute atomic E-state index is 0.105. The van der Waals surface area contributed by atoms with Crippen molar-refractivity contribution in [3.63, 3.8) is 0 Å². The quantitative estimate of drug-likeness (QED) is 0.579. The largest absolute Gasteiger partial charge is 0.466 e. The van der Waals surface area contributed by atoms with Crippen molar-refractivity contribution in [3.05, 3.63) is 46.7 Å². The van der Waals surface area contributed by atoms with Crippen LogP contribution < -0.4 is 5.32 Å². The van der Waals surface area contributed by atoms with Crippen LogP contribution in [-0.2, 0) is 19.1 Å². The van der Waals surface area contributed by atoms with Gasteiger partial charge in [0.05, 0.1) is 30.2 Å². The topological polar surface area (TPSA) is 102 Å². The second-order valence-electron chi connectivity index (χ2n) is 6.44. The molecule has 8 nitrogen and oxygen atoms in total. The number of rotatable bonds is 5. The van der Waals surface area contributed by atoms with E-state index >= 15 is 0 Å². The van der Waals surface area contributed by atoms with Gasteiger partial charge in [0.15, 0.2) is 6.10 Å². The van der Waals surface area contributed by atoms with Gasteiger partial charge in [-0.1, -0.05) is 12.1 Å². The summed E-state index contributed by atoms with van der Waals surface area (Å²) in [4.78, 5) is 50.1. The first kappa shape index (κ1) is 19.9. The summed E-state index contributed by atoms with van der Waals surface area (Å²) in [7, 11) is 1.21. The number of methoxy groups -OCH3 is 1. The number of benzene rings is 1. The number of hydrogen-bond donors (Lipinski definition) is 1. The number of carbonyl (C=O) groups is 4. The first-order valence-corrected chi connectivity index (χ1v) is 9.70. The van der Waals surface area contributed by atoms with E-state index in [1.54, 1.807) is 31.2 Å². The molecule has 1 aromatic rings. The maximum atomic E-state index is 12.5. The Morgan fingerprint density at radius 2 is 1.86 bits per heavy atom. The van der Waals surface area contributed by atoms with Gasteiger partial charge in [0.2, 0.25) is 0 Å². The van der Waals surface area contributed by atoms with Gasteiger partial charge in [-0.05, 0) is 31.6 Å². The van der Waals surface area contributed by atoms with Crippen molar-refractivity contribution in [1.82, 2.24) is 10.2 Å². The number of amides is 2. The van der Waals surface area contributed by atoms with Gasteiger partial charge in [-0.3, -0.25) is 14.5 Å². The zero-order chi connectivity index (χ0) is 20.4. The van der Waals surface area contributed by atoms with E-state index in [9.17, 15) is 19.2 Å². The van der Waals surface area contributed by atoms with Crippen molar-refractivity contribution < 1.29 is 28.7 Å². The van der Waals surface area contributed by atoms with Crippen LogP contribution in [0.5, 0.6) is 0 Å². The zero-order valence-electron chi connectivity index (χ0n) is 15.7. The van der Waals surface area contributed by atoms with E-state index in [1.165, 1.54) is 30.7 Å². The molecule has 9 heteroatoms. The van der Waals surface area contributed by atoms with Crippen molar-refractivity contribution in [2.45, 2.75) is 25.3 Å². The molecule has 0 spiro atoms. The molecular formula is C19H20N2O6S. The minimum atomic E-state index is -1.04. The van der Waals surface area contributed by atoms with E-state index in [0.29, 0.717) is 16.9 Å². The summed E-state index contributed by atoms with van der Waals surface area (Å²) in [5, 5.41) is 2.66. The van der Waals surface area contributed by atoms with E-state index in [-0.39, 0.29) is 29.4 Å². The highest BCUT2D eigenvalue weighted by Gasteiger charge is 2.37. The van der Waals surface area contributed by atoms with Crippen LogP contribution in [0, 0.1) is 0 Å². The SMILES string of the molecule is COC(=O)C(C)OC(=O)C1=C(C)CSC(CN2C(=O)c3ccccc3C2=O)N1. The van der Waals surface area contributed by atoms with Gasteiger partial charge in [0.1, 0.15) is 5.70 Å². The molecule has 0 bridgehead atoms. The average Bonchev–Trinajstić information content (AvgIpc) is 2.93. The smallest absolute Gasteiger partial charge is 0.355 e. The Kier molecular flexibility index (Phi) is 5.73. The Labute approximate surface area is 166 Å². The van der Waals surface area contributed by atoms with Crippen LogP contribution in [0.15, 0.2) is 35.5 Å². The number of nitrogens with zero attached hydrogens (tertiary/aromatic N) is 1. The van der Waals surface area contributed by atoms with Gasteiger partial charge >= 0.3 is 11.9 Å². The normalized spacial score (nSPS) is 19.8. The fourth-order valence-electron chi connectivity index (χ4n) is 2.96. The number of esters is 2. The number of imide groups is 1. The predicted octanol–water partition coefficient (Wildman–Crippen LogP) is 1.32.